The molecular formula is C16H22N6O2. The van der Waals surface area contributed by atoms with E-state index in [0.29, 0.717) is 18.7 Å². The SMILES string of the molecule is O=C(CCc1n[nH]c(=O)[nH]1)NC1CCN(Cc2cccnc2)CC1. The van der Waals surface area contributed by atoms with Crippen LogP contribution in [0.2, 0.25) is 0 Å². The number of H-pyrrole nitrogens is 2. The van der Waals surface area contributed by atoms with Crippen LogP contribution in [0.4, 0.5) is 0 Å². The van der Waals surface area contributed by atoms with Crippen molar-refractivity contribution in [2.24, 2.45) is 0 Å². The van der Waals surface area contributed by atoms with E-state index in [4.69, 9.17) is 0 Å². The standard InChI is InChI=1S/C16H22N6O2/c23-15(4-3-14-19-16(24)21-20-14)18-13-5-8-22(9-6-13)11-12-2-1-7-17-10-12/h1-2,7,10,13H,3-6,8-9,11H2,(H,18,23)(H2,19,20,21,24). The topological polar surface area (TPSA) is 107 Å². The maximum absolute atomic E-state index is 12.0. The van der Waals surface area contributed by atoms with Crippen molar-refractivity contribution in [3.63, 3.8) is 0 Å². The van der Waals surface area contributed by atoms with Crippen LogP contribution < -0.4 is 11.0 Å². The van der Waals surface area contributed by atoms with Gasteiger partial charge < -0.3 is 5.32 Å². The van der Waals surface area contributed by atoms with Gasteiger partial charge in [-0.1, -0.05) is 6.07 Å². The summed E-state index contributed by atoms with van der Waals surface area (Å²) in [4.78, 5) is 32.0. The minimum atomic E-state index is -0.341. The van der Waals surface area contributed by atoms with Crippen molar-refractivity contribution >= 4 is 5.91 Å². The molecule has 1 fully saturated rings. The normalized spacial score (nSPS) is 16.2. The summed E-state index contributed by atoms with van der Waals surface area (Å²) in [6.45, 7) is 2.83. The molecule has 1 aliphatic rings. The largest absolute Gasteiger partial charge is 0.353 e. The van der Waals surface area contributed by atoms with E-state index in [-0.39, 0.29) is 17.6 Å². The molecule has 24 heavy (non-hydrogen) atoms. The number of rotatable bonds is 6. The van der Waals surface area contributed by atoms with Crippen molar-refractivity contribution in [2.45, 2.75) is 38.3 Å². The highest BCUT2D eigenvalue weighted by Crippen LogP contribution is 2.13. The highest BCUT2D eigenvalue weighted by Gasteiger charge is 2.20. The number of nitrogens with zero attached hydrogens (tertiary/aromatic N) is 3. The average molecular weight is 330 g/mol. The maximum Gasteiger partial charge on any atom is 0.340 e. The van der Waals surface area contributed by atoms with E-state index in [1.54, 1.807) is 6.20 Å². The average Bonchev–Trinajstić information content (AvgIpc) is 3.01. The number of hydrogen-bond donors (Lipinski definition) is 3. The minimum Gasteiger partial charge on any atom is -0.353 e. The summed E-state index contributed by atoms with van der Waals surface area (Å²) in [5.74, 6) is 0.519. The van der Waals surface area contributed by atoms with Crippen LogP contribution in [0.15, 0.2) is 29.3 Å². The number of likely N-dealkylation sites (tertiary alicyclic amines) is 1. The summed E-state index contributed by atoms with van der Waals surface area (Å²) in [5, 5.41) is 9.17. The van der Waals surface area contributed by atoms with Crippen LogP contribution in [0.5, 0.6) is 0 Å². The Balaban J connectivity index is 1.37. The number of carbonyl (C=O) groups is 1. The highest BCUT2D eigenvalue weighted by atomic mass is 16.2. The summed E-state index contributed by atoms with van der Waals surface area (Å²) >= 11 is 0. The number of piperidine rings is 1. The molecule has 3 N–H and O–H groups in total. The molecule has 3 rings (SSSR count). The summed E-state index contributed by atoms with van der Waals surface area (Å²) in [6.07, 6.45) is 6.34. The van der Waals surface area contributed by atoms with E-state index in [2.05, 4.69) is 36.4 Å². The minimum absolute atomic E-state index is 0.00422. The third kappa shape index (κ3) is 4.76. The van der Waals surface area contributed by atoms with Crippen LogP contribution in [0.25, 0.3) is 0 Å². The number of amides is 1. The molecule has 0 spiro atoms. The van der Waals surface area contributed by atoms with Gasteiger partial charge in [-0.3, -0.25) is 19.7 Å². The van der Waals surface area contributed by atoms with Gasteiger partial charge in [0, 0.05) is 50.9 Å². The van der Waals surface area contributed by atoms with Gasteiger partial charge in [-0.2, -0.15) is 5.10 Å². The van der Waals surface area contributed by atoms with E-state index >= 15 is 0 Å². The lowest BCUT2D eigenvalue weighted by molar-refractivity contribution is -0.122. The molecule has 0 aliphatic carbocycles. The first-order chi connectivity index (χ1) is 11.7. The molecule has 8 heteroatoms. The highest BCUT2D eigenvalue weighted by molar-refractivity contribution is 5.76. The predicted octanol–water partition coefficient (Wildman–Crippen LogP) is 0.206. The maximum atomic E-state index is 12.0. The molecule has 3 heterocycles. The monoisotopic (exact) mass is 330 g/mol. The molecule has 2 aromatic rings. The summed E-state index contributed by atoms with van der Waals surface area (Å²) in [7, 11) is 0. The van der Waals surface area contributed by atoms with Crippen LogP contribution in [-0.2, 0) is 17.8 Å². The smallest absolute Gasteiger partial charge is 0.340 e. The Morgan fingerprint density at radius 2 is 2.21 bits per heavy atom. The van der Waals surface area contributed by atoms with Crippen molar-refractivity contribution in [1.82, 2.24) is 30.4 Å². The number of aromatic amines is 2. The van der Waals surface area contributed by atoms with Gasteiger partial charge in [0.25, 0.3) is 0 Å². The Hall–Kier alpha value is -2.48. The van der Waals surface area contributed by atoms with E-state index in [9.17, 15) is 9.59 Å². The Morgan fingerprint density at radius 1 is 1.38 bits per heavy atom. The molecular weight excluding hydrogens is 308 g/mol. The fourth-order valence-corrected chi connectivity index (χ4v) is 2.94. The number of pyridine rings is 1. The number of aryl methyl sites for hydroxylation is 1. The molecule has 0 bridgehead atoms. The van der Waals surface area contributed by atoms with E-state index in [1.807, 2.05) is 12.3 Å². The molecule has 0 unspecified atom stereocenters. The van der Waals surface area contributed by atoms with Crippen LogP contribution in [0, 0.1) is 0 Å². The fraction of sp³-hybridized carbons (Fsp3) is 0.500. The second kappa shape index (κ2) is 7.87. The Labute approximate surface area is 139 Å². The molecule has 1 aliphatic heterocycles. The van der Waals surface area contributed by atoms with Gasteiger partial charge >= 0.3 is 5.69 Å². The van der Waals surface area contributed by atoms with Gasteiger partial charge in [-0.05, 0) is 24.5 Å². The fourth-order valence-electron chi connectivity index (χ4n) is 2.94. The molecule has 0 saturated carbocycles. The van der Waals surface area contributed by atoms with Crippen LogP contribution in [0.3, 0.4) is 0 Å². The van der Waals surface area contributed by atoms with Crippen LogP contribution in [-0.4, -0.2) is 50.1 Å². The lowest BCUT2D eigenvalue weighted by atomic mass is 10.0. The van der Waals surface area contributed by atoms with Crippen molar-refractivity contribution in [3.05, 3.63) is 46.4 Å². The second-order valence-electron chi connectivity index (χ2n) is 6.10. The quantitative estimate of drug-likeness (QED) is 0.702. The molecule has 1 amide bonds. The summed E-state index contributed by atoms with van der Waals surface area (Å²) in [6, 6.07) is 4.26. The van der Waals surface area contributed by atoms with Gasteiger partial charge in [-0.15, -0.1) is 0 Å². The van der Waals surface area contributed by atoms with Crippen molar-refractivity contribution < 1.29 is 4.79 Å². The zero-order chi connectivity index (χ0) is 16.8. The molecule has 0 radical (unpaired) electrons. The number of aromatic nitrogens is 4. The third-order valence-electron chi connectivity index (χ3n) is 4.22. The number of hydrogen-bond acceptors (Lipinski definition) is 5. The Kier molecular flexibility index (Phi) is 5.37. The first-order valence-corrected chi connectivity index (χ1v) is 8.23. The molecule has 0 aromatic carbocycles. The van der Waals surface area contributed by atoms with Gasteiger partial charge in [-0.25, -0.2) is 9.89 Å². The number of carbonyl (C=O) groups excluding carboxylic acids is 1. The van der Waals surface area contributed by atoms with Gasteiger partial charge in [0.2, 0.25) is 5.91 Å². The molecule has 8 nitrogen and oxygen atoms in total. The summed E-state index contributed by atoms with van der Waals surface area (Å²) < 4.78 is 0. The van der Waals surface area contributed by atoms with Crippen LogP contribution in [0.1, 0.15) is 30.7 Å². The Bertz CT molecular complexity index is 703. The lowest BCUT2D eigenvalue weighted by Gasteiger charge is -2.32. The zero-order valence-corrected chi connectivity index (χ0v) is 13.5. The molecule has 1 saturated heterocycles. The third-order valence-corrected chi connectivity index (χ3v) is 4.22. The molecule has 128 valence electrons. The first-order valence-electron chi connectivity index (χ1n) is 8.23. The van der Waals surface area contributed by atoms with Gasteiger partial charge in [0.1, 0.15) is 5.82 Å². The van der Waals surface area contributed by atoms with Crippen molar-refractivity contribution in [3.8, 4) is 0 Å². The van der Waals surface area contributed by atoms with Crippen molar-refractivity contribution in [2.75, 3.05) is 13.1 Å². The first kappa shape index (κ1) is 16.4. The predicted molar refractivity (Wildman–Crippen MR) is 88.2 cm³/mol. The Morgan fingerprint density at radius 3 is 2.88 bits per heavy atom. The van der Waals surface area contributed by atoms with Gasteiger partial charge in [0.15, 0.2) is 0 Å². The van der Waals surface area contributed by atoms with E-state index in [0.717, 1.165) is 32.5 Å². The zero-order valence-electron chi connectivity index (χ0n) is 13.5. The van der Waals surface area contributed by atoms with Crippen LogP contribution >= 0.6 is 0 Å². The summed E-state index contributed by atoms with van der Waals surface area (Å²) in [5.41, 5.74) is 0.874. The van der Waals surface area contributed by atoms with E-state index < -0.39 is 0 Å². The lowest BCUT2D eigenvalue weighted by Crippen LogP contribution is -2.44. The second-order valence-corrected chi connectivity index (χ2v) is 6.10. The van der Waals surface area contributed by atoms with E-state index in [1.165, 1.54) is 5.56 Å². The van der Waals surface area contributed by atoms with Gasteiger partial charge in [0.05, 0.1) is 0 Å². The number of nitrogens with one attached hydrogen (secondary N) is 3. The molecule has 2 aromatic heterocycles. The van der Waals surface area contributed by atoms with Crippen molar-refractivity contribution in [1.29, 1.82) is 0 Å². The molecule has 0 atom stereocenters.